The summed E-state index contributed by atoms with van der Waals surface area (Å²) in [6, 6.07) is 8.00. The fourth-order valence-electron chi connectivity index (χ4n) is 2.51. The first-order valence-electron chi connectivity index (χ1n) is 6.95. The summed E-state index contributed by atoms with van der Waals surface area (Å²) in [5, 5.41) is 9.57. The number of amidine groups is 1. The van der Waals surface area contributed by atoms with Gasteiger partial charge in [0.25, 0.3) is 0 Å². The zero-order valence-corrected chi connectivity index (χ0v) is 12.3. The lowest BCUT2D eigenvalue weighted by molar-refractivity contribution is 0.819. The molecule has 0 radical (unpaired) electrons. The Hall–Kier alpha value is -2.61. The fourth-order valence-corrected chi connectivity index (χ4v) is 2.51. The van der Waals surface area contributed by atoms with Gasteiger partial charge in [-0.15, -0.1) is 0 Å². The van der Waals surface area contributed by atoms with Crippen LogP contribution in [0.25, 0.3) is 0 Å². The van der Waals surface area contributed by atoms with E-state index in [9.17, 15) is 5.26 Å². The maximum atomic E-state index is 9.57. The second kappa shape index (κ2) is 6.23. The highest BCUT2D eigenvalue weighted by molar-refractivity contribution is 6.01. The van der Waals surface area contributed by atoms with Gasteiger partial charge >= 0.3 is 0 Å². The number of nitrogens with zero attached hydrogens (tertiary/aromatic N) is 3. The molecule has 1 aliphatic heterocycles. The van der Waals surface area contributed by atoms with E-state index in [4.69, 9.17) is 11.5 Å². The third kappa shape index (κ3) is 2.79. The lowest BCUT2D eigenvalue weighted by Crippen LogP contribution is -2.27. The van der Waals surface area contributed by atoms with Gasteiger partial charge in [0, 0.05) is 17.5 Å². The lowest BCUT2D eigenvalue weighted by Gasteiger charge is -2.25. The molecule has 0 bridgehead atoms. The number of allylic oxidation sites excluding steroid dienone is 2. The molecular formula is C16H19N5. The molecule has 2 heterocycles. The van der Waals surface area contributed by atoms with Crippen molar-refractivity contribution in [3.63, 3.8) is 0 Å². The molecular weight excluding hydrogens is 262 g/mol. The fraction of sp³-hybridized carbons (Fsp3) is 0.312. The second-order valence-electron chi connectivity index (χ2n) is 4.98. The SMILES string of the molecule is CCCC1=C(C#N)C(c2cccc(C)n2)/C(=C/N)C(N)=N1. The van der Waals surface area contributed by atoms with Crippen molar-refractivity contribution in [1.82, 2.24) is 4.98 Å². The van der Waals surface area contributed by atoms with Gasteiger partial charge in [-0.25, -0.2) is 4.99 Å². The molecule has 1 aliphatic rings. The zero-order valence-electron chi connectivity index (χ0n) is 12.3. The third-order valence-electron chi connectivity index (χ3n) is 3.45. The molecule has 0 spiro atoms. The number of nitriles is 1. The van der Waals surface area contributed by atoms with Crippen LogP contribution in [0.15, 0.2) is 46.2 Å². The van der Waals surface area contributed by atoms with Gasteiger partial charge < -0.3 is 11.5 Å². The Kier molecular flexibility index (Phi) is 4.39. The molecule has 0 aromatic carbocycles. The third-order valence-corrected chi connectivity index (χ3v) is 3.45. The number of pyridine rings is 1. The molecule has 4 N–H and O–H groups in total. The Morgan fingerprint density at radius 3 is 2.76 bits per heavy atom. The maximum Gasteiger partial charge on any atom is 0.129 e. The number of aryl methyl sites for hydroxylation is 1. The largest absolute Gasteiger partial charge is 0.404 e. The molecule has 1 atom stereocenters. The van der Waals surface area contributed by atoms with Crippen molar-refractivity contribution in [2.45, 2.75) is 32.6 Å². The van der Waals surface area contributed by atoms with E-state index in [1.807, 2.05) is 32.0 Å². The van der Waals surface area contributed by atoms with E-state index in [0.29, 0.717) is 23.4 Å². The van der Waals surface area contributed by atoms with Crippen LogP contribution in [-0.4, -0.2) is 10.8 Å². The van der Waals surface area contributed by atoms with Gasteiger partial charge in [-0.05, 0) is 25.5 Å². The molecule has 0 aliphatic carbocycles. The van der Waals surface area contributed by atoms with Gasteiger partial charge in [0.1, 0.15) is 5.84 Å². The van der Waals surface area contributed by atoms with Crippen LogP contribution < -0.4 is 11.5 Å². The summed E-state index contributed by atoms with van der Waals surface area (Å²) in [7, 11) is 0. The molecule has 0 fully saturated rings. The first kappa shape index (κ1) is 14.8. The van der Waals surface area contributed by atoms with Crippen molar-refractivity contribution in [2.75, 3.05) is 0 Å². The Balaban J connectivity index is 2.64. The normalized spacial score (nSPS) is 20.3. The summed E-state index contributed by atoms with van der Waals surface area (Å²) in [5.41, 5.74) is 15.4. The van der Waals surface area contributed by atoms with Crippen LogP contribution in [-0.2, 0) is 0 Å². The molecule has 108 valence electrons. The Labute approximate surface area is 124 Å². The van der Waals surface area contributed by atoms with E-state index in [2.05, 4.69) is 16.0 Å². The van der Waals surface area contributed by atoms with Crippen molar-refractivity contribution in [3.05, 3.63) is 52.6 Å². The first-order chi connectivity index (χ1) is 10.1. The van der Waals surface area contributed by atoms with Crippen LogP contribution in [0.2, 0.25) is 0 Å². The average molecular weight is 281 g/mol. The van der Waals surface area contributed by atoms with E-state index >= 15 is 0 Å². The highest BCUT2D eigenvalue weighted by Gasteiger charge is 2.31. The molecule has 21 heavy (non-hydrogen) atoms. The molecule has 1 unspecified atom stereocenters. The number of aliphatic imine (C=N–C) groups is 1. The molecule has 0 amide bonds. The van der Waals surface area contributed by atoms with E-state index < -0.39 is 0 Å². The minimum absolute atomic E-state index is 0.334. The predicted octanol–water partition coefficient (Wildman–Crippen LogP) is 2.26. The van der Waals surface area contributed by atoms with E-state index in [1.165, 1.54) is 6.20 Å². The Bertz CT molecular complexity index is 676. The number of hydrogen-bond donors (Lipinski definition) is 2. The van der Waals surface area contributed by atoms with Crippen LogP contribution >= 0.6 is 0 Å². The summed E-state index contributed by atoms with van der Waals surface area (Å²) >= 11 is 0. The van der Waals surface area contributed by atoms with Gasteiger partial charge in [0.05, 0.1) is 29.0 Å². The van der Waals surface area contributed by atoms with Crippen molar-refractivity contribution in [3.8, 4) is 6.07 Å². The number of hydrogen-bond acceptors (Lipinski definition) is 5. The van der Waals surface area contributed by atoms with Crippen molar-refractivity contribution in [1.29, 1.82) is 5.26 Å². The molecule has 5 nitrogen and oxygen atoms in total. The van der Waals surface area contributed by atoms with E-state index in [0.717, 1.165) is 23.5 Å². The Morgan fingerprint density at radius 1 is 1.43 bits per heavy atom. The summed E-state index contributed by atoms with van der Waals surface area (Å²) in [6.45, 7) is 3.96. The maximum absolute atomic E-state index is 9.57. The zero-order chi connectivity index (χ0) is 15.4. The summed E-state index contributed by atoms with van der Waals surface area (Å²) < 4.78 is 0. The summed E-state index contributed by atoms with van der Waals surface area (Å²) in [4.78, 5) is 8.88. The number of aromatic nitrogens is 1. The average Bonchev–Trinajstić information content (AvgIpc) is 2.47. The minimum Gasteiger partial charge on any atom is -0.404 e. The molecule has 0 saturated carbocycles. The molecule has 1 aromatic heterocycles. The minimum atomic E-state index is -0.334. The van der Waals surface area contributed by atoms with Crippen LogP contribution in [0.5, 0.6) is 0 Å². The first-order valence-corrected chi connectivity index (χ1v) is 6.95. The summed E-state index contributed by atoms with van der Waals surface area (Å²) in [6.07, 6.45) is 3.03. The lowest BCUT2D eigenvalue weighted by atomic mass is 9.84. The molecule has 5 heteroatoms. The monoisotopic (exact) mass is 281 g/mol. The second-order valence-corrected chi connectivity index (χ2v) is 4.98. The van der Waals surface area contributed by atoms with Gasteiger partial charge in [0.2, 0.25) is 0 Å². The van der Waals surface area contributed by atoms with Crippen LogP contribution in [0, 0.1) is 18.3 Å². The smallest absolute Gasteiger partial charge is 0.129 e. The van der Waals surface area contributed by atoms with Gasteiger partial charge in [-0.2, -0.15) is 5.26 Å². The predicted molar refractivity (Wildman–Crippen MR) is 83.2 cm³/mol. The van der Waals surface area contributed by atoms with Gasteiger partial charge in [-0.1, -0.05) is 19.4 Å². The number of rotatable bonds is 3. The summed E-state index contributed by atoms with van der Waals surface area (Å²) in [5.74, 6) is 0.0345. The molecule has 2 rings (SSSR count). The molecule has 1 aromatic rings. The van der Waals surface area contributed by atoms with Gasteiger partial charge in [0.15, 0.2) is 0 Å². The van der Waals surface area contributed by atoms with E-state index in [-0.39, 0.29) is 5.92 Å². The van der Waals surface area contributed by atoms with Crippen LogP contribution in [0.1, 0.15) is 37.1 Å². The highest BCUT2D eigenvalue weighted by atomic mass is 14.9. The van der Waals surface area contributed by atoms with Crippen molar-refractivity contribution < 1.29 is 0 Å². The van der Waals surface area contributed by atoms with Crippen LogP contribution in [0.4, 0.5) is 0 Å². The standard InChI is InChI=1S/C16H19N5/c1-3-5-13-11(8-17)15(12(9-18)16(19)21-13)14-7-4-6-10(2)20-14/h4,6-7,9,15H,3,5,18H2,1-2H3,(H2,19,21)/b12-9-. The quantitative estimate of drug-likeness (QED) is 0.887. The van der Waals surface area contributed by atoms with Crippen molar-refractivity contribution >= 4 is 5.84 Å². The van der Waals surface area contributed by atoms with E-state index in [1.54, 1.807) is 0 Å². The number of nitrogens with two attached hydrogens (primary N) is 2. The topological polar surface area (TPSA) is 101 Å². The van der Waals surface area contributed by atoms with Crippen molar-refractivity contribution in [2.24, 2.45) is 16.5 Å². The van der Waals surface area contributed by atoms with Gasteiger partial charge in [-0.3, -0.25) is 4.98 Å². The Morgan fingerprint density at radius 2 is 2.19 bits per heavy atom. The van der Waals surface area contributed by atoms with Crippen LogP contribution in [0.3, 0.4) is 0 Å². The molecule has 0 saturated heterocycles. The highest BCUT2D eigenvalue weighted by Crippen LogP contribution is 2.37.